The molecule has 4 heteroatoms. The molecule has 1 heterocycles. The van der Waals surface area contributed by atoms with Gasteiger partial charge in [-0.1, -0.05) is 18.9 Å². The Bertz CT molecular complexity index is 401. The SMILES string of the molecule is CC(C)Oc1ncccc1CNCC1(O)CCCC1. The number of nitrogens with one attached hydrogen (secondary N) is 1. The number of aliphatic hydroxyl groups is 1. The zero-order chi connectivity index (χ0) is 13.7. The zero-order valence-corrected chi connectivity index (χ0v) is 11.9. The van der Waals surface area contributed by atoms with E-state index in [0.29, 0.717) is 19.0 Å². The van der Waals surface area contributed by atoms with E-state index in [9.17, 15) is 5.11 Å². The number of rotatable bonds is 6. The van der Waals surface area contributed by atoms with E-state index < -0.39 is 5.60 Å². The van der Waals surface area contributed by atoms with Crippen LogP contribution in [0.1, 0.15) is 45.1 Å². The summed E-state index contributed by atoms with van der Waals surface area (Å²) in [6.45, 7) is 5.31. The van der Waals surface area contributed by atoms with Gasteiger partial charge in [0, 0.05) is 24.8 Å². The van der Waals surface area contributed by atoms with E-state index in [1.54, 1.807) is 6.20 Å². The van der Waals surface area contributed by atoms with Crippen LogP contribution < -0.4 is 10.1 Å². The van der Waals surface area contributed by atoms with Crippen molar-refractivity contribution in [1.82, 2.24) is 10.3 Å². The molecule has 0 amide bonds. The molecule has 1 fully saturated rings. The molecule has 106 valence electrons. The maximum absolute atomic E-state index is 10.3. The molecule has 2 rings (SSSR count). The molecule has 0 saturated heterocycles. The fourth-order valence-corrected chi connectivity index (χ4v) is 2.53. The Balaban J connectivity index is 1.88. The molecular weight excluding hydrogens is 240 g/mol. The summed E-state index contributed by atoms with van der Waals surface area (Å²) < 4.78 is 5.68. The summed E-state index contributed by atoms with van der Waals surface area (Å²) in [5, 5.41) is 13.6. The zero-order valence-electron chi connectivity index (χ0n) is 11.9. The lowest BCUT2D eigenvalue weighted by atomic mass is 10.0. The number of nitrogens with zero attached hydrogens (tertiary/aromatic N) is 1. The van der Waals surface area contributed by atoms with Crippen molar-refractivity contribution in [1.29, 1.82) is 0 Å². The topological polar surface area (TPSA) is 54.4 Å². The average molecular weight is 264 g/mol. The van der Waals surface area contributed by atoms with E-state index in [0.717, 1.165) is 31.2 Å². The van der Waals surface area contributed by atoms with Crippen LogP contribution in [0.25, 0.3) is 0 Å². The fourth-order valence-electron chi connectivity index (χ4n) is 2.53. The Morgan fingerprint density at radius 1 is 1.42 bits per heavy atom. The highest BCUT2D eigenvalue weighted by Crippen LogP contribution is 2.28. The number of aromatic nitrogens is 1. The van der Waals surface area contributed by atoms with Crippen molar-refractivity contribution in [3.8, 4) is 5.88 Å². The number of pyridine rings is 1. The summed E-state index contributed by atoms with van der Waals surface area (Å²) in [6.07, 6.45) is 5.93. The highest BCUT2D eigenvalue weighted by Gasteiger charge is 2.30. The van der Waals surface area contributed by atoms with Crippen molar-refractivity contribution in [2.45, 2.75) is 57.8 Å². The third kappa shape index (κ3) is 4.18. The second kappa shape index (κ2) is 6.35. The van der Waals surface area contributed by atoms with E-state index in [2.05, 4.69) is 10.3 Å². The normalized spacial score (nSPS) is 17.9. The summed E-state index contributed by atoms with van der Waals surface area (Å²) in [7, 11) is 0. The van der Waals surface area contributed by atoms with Crippen LogP contribution in [-0.2, 0) is 6.54 Å². The van der Waals surface area contributed by atoms with Gasteiger partial charge in [0.1, 0.15) is 0 Å². The largest absolute Gasteiger partial charge is 0.475 e. The Labute approximate surface area is 115 Å². The molecule has 2 N–H and O–H groups in total. The van der Waals surface area contributed by atoms with Crippen LogP contribution in [0.3, 0.4) is 0 Å². The highest BCUT2D eigenvalue weighted by molar-refractivity contribution is 5.25. The Hall–Kier alpha value is -1.13. The number of ether oxygens (including phenoxy) is 1. The molecular formula is C15H24N2O2. The Kier molecular flexibility index (Phi) is 4.77. The van der Waals surface area contributed by atoms with E-state index in [1.165, 1.54) is 0 Å². The lowest BCUT2D eigenvalue weighted by Gasteiger charge is -2.22. The van der Waals surface area contributed by atoms with Crippen molar-refractivity contribution in [3.63, 3.8) is 0 Å². The predicted octanol–water partition coefficient (Wildman–Crippen LogP) is 2.26. The van der Waals surface area contributed by atoms with Crippen LogP contribution in [0.4, 0.5) is 0 Å². The Morgan fingerprint density at radius 2 is 2.16 bits per heavy atom. The van der Waals surface area contributed by atoms with Gasteiger partial charge in [0.15, 0.2) is 0 Å². The molecule has 0 aliphatic heterocycles. The summed E-state index contributed by atoms with van der Waals surface area (Å²) in [5.41, 5.74) is 0.527. The lowest BCUT2D eigenvalue weighted by molar-refractivity contribution is 0.0473. The molecule has 1 aliphatic carbocycles. The molecule has 0 bridgehead atoms. The molecule has 0 unspecified atom stereocenters. The molecule has 1 aromatic heterocycles. The van der Waals surface area contributed by atoms with Crippen molar-refractivity contribution in [2.24, 2.45) is 0 Å². The van der Waals surface area contributed by atoms with Crippen LogP contribution >= 0.6 is 0 Å². The maximum atomic E-state index is 10.3. The minimum absolute atomic E-state index is 0.118. The quantitative estimate of drug-likeness (QED) is 0.827. The van der Waals surface area contributed by atoms with Gasteiger partial charge in [-0.05, 0) is 32.8 Å². The molecule has 0 aromatic carbocycles. The summed E-state index contributed by atoms with van der Waals surface area (Å²) in [5.74, 6) is 0.684. The number of hydrogen-bond acceptors (Lipinski definition) is 4. The average Bonchev–Trinajstić information content (AvgIpc) is 2.78. The predicted molar refractivity (Wildman–Crippen MR) is 75.1 cm³/mol. The van der Waals surface area contributed by atoms with Crippen LogP contribution in [0, 0.1) is 0 Å². The van der Waals surface area contributed by atoms with Gasteiger partial charge in [-0.3, -0.25) is 0 Å². The third-order valence-electron chi connectivity index (χ3n) is 3.50. The number of hydrogen-bond donors (Lipinski definition) is 2. The molecule has 4 nitrogen and oxygen atoms in total. The summed E-state index contributed by atoms with van der Waals surface area (Å²) in [6, 6.07) is 3.92. The monoisotopic (exact) mass is 264 g/mol. The molecule has 1 aromatic rings. The second-order valence-corrected chi connectivity index (χ2v) is 5.67. The molecule has 1 aliphatic rings. The van der Waals surface area contributed by atoms with E-state index in [1.807, 2.05) is 26.0 Å². The fraction of sp³-hybridized carbons (Fsp3) is 0.667. The lowest BCUT2D eigenvalue weighted by Crippen LogP contribution is -2.37. The summed E-state index contributed by atoms with van der Waals surface area (Å²) >= 11 is 0. The smallest absolute Gasteiger partial charge is 0.218 e. The van der Waals surface area contributed by atoms with Crippen molar-refractivity contribution < 1.29 is 9.84 Å². The standard InChI is InChI=1S/C15H24N2O2/c1-12(2)19-14-13(6-5-9-17-14)10-16-11-15(18)7-3-4-8-15/h5-6,9,12,16,18H,3-4,7-8,10-11H2,1-2H3. The van der Waals surface area contributed by atoms with Crippen LogP contribution in [0.2, 0.25) is 0 Å². The second-order valence-electron chi connectivity index (χ2n) is 5.67. The van der Waals surface area contributed by atoms with Gasteiger partial charge in [0.05, 0.1) is 11.7 Å². The molecule has 0 atom stereocenters. The van der Waals surface area contributed by atoms with Gasteiger partial charge in [-0.15, -0.1) is 0 Å². The minimum Gasteiger partial charge on any atom is -0.475 e. The van der Waals surface area contributed by atoms with E-state index in [4.69, 9.17) is 4.74 Å². The van der Waals surface area contributed by atoms with Crippen molar-refractivity contribution in [3.05, 3.63) is 23.9 Å². The first-order chi connectivity index (χ1) is 9.09. The van der Waals surface area contributed by atoms with Crippen LogP contribution in [0.15, 0.2) is 18.3 Å². The van der Waals surface area contributed by atoms with Crippen LogP contribution in [-0.4, -0.2) is 28.3 Å². The molecule has 1 saturated carbocycles. The van der Waals surface area contributed by atoms with Gasteiger partial charge in [0.25, 0.3) is 0 Å². The van der Waals surface area contributed by atoms with Gasteiger partial charge in [-0.25, -0.2) is 4.98 Å². The van der Waals surface area contributed by atoms with Gasteiger partial charge in [0.2, 0.25) is 5.88 Å². The van der Waals surface area contributed by atoms with Gasteiger partial charge >= 0.3 is 0 Å². The first-order valence-corrected chi connectivity index (χ1v) is 7.13. The molecule has 0 spiro atoms. The van der Waals surface area contributed by atoms with E-state index >= 15 is 0 Å². The molecule has 0 radical (unpaired) electrons. The minimum atomic E-state index is -0.513. The third-order valence-corrected chi connectivity index (χ3v) is 3.50. The van der Waals surface area contributed by atoms with Gasteiger partial charge < -0.3 is 15.2 Å². The maximum Gasteiger partial charge on any atom is 0.218 e. The Morgan fingerprint density at radius 3 is 2.84 bits per heavy atom. The molecule has 19 heavy (non-hydrogen) atoms. The first-order valence-electron chi connectivity index (χ1n) is 7.13. The van der Waals surface area contributed by atoms with Crippen molar-refractivity contribution in [2.75, 3.05) is 6.54 Å². The van der Waals surface area contributed by atoms with Gasteiger partial charge in [-0.2, -0.15) is 0 Å². The first kappa shape index (κ1) is 14.3. The van der Waals surface area contributed by atoms with Crippen LogP contribution in [0.5, 0.6) is 5.88 Å². The highest BCUT2D eigenvalue weighted by atomic mass is 16.5. The summed E-state index contributed by atoms with van der Waals surface area (Å²) in [4.78, 5) is 4.26. The van der Waals surface area contributed by atoms with E-state index in [-0.39, 0.29) is 6.10 Å². The van der Waals surface area contributed by atoms with Crippen molar-refractivity contribution >= 4 is 0 Å².